The second-order valence-corrected chi connectivity index (χ2v) is 7.82. The molecule has 0 bridgehead atoms. The number of nitrogens with zero attached hydrogens (tertiary/aromatic N) is 2. The van der Waals surface area contributed by atoms with E-state index in [-0.39, 0.29) is 0 Å². The van der Waals surface area contributed by atoms with Crippen LogP contribution in [0.25, 0.3) is 17.0 Å². The summed E-state index contributed by atoms with van der Waals surface area (Å²) in [6.07, 6.45) is 14.6. The molecule has 2 aromatic heterocycles. The molecule has 3 heteroatoms. The number of allylic oxidation sites excluding steroid dienone is 1. The first-order valence-electron chi connectivity index (χ1n) is 10.5. The Kier molecular flexibility index (Phi) is 4.95. The minimum absolute atomic E-state index is 0.914. The van der Waals surface area contributed by atoms with Gasteiger partial charge in [0, 0.05) is 35.4 Å². The van der Waals surface area contributed by atoms with Crippen molar-refractivity contribution in [2.24, 2.45) is 0 Å². The molecule has 4 aromatic rings. The van der Waals surface area contributed by atoms with Crippen molar-refractivity contribution >= 4 is 17.0 Å². The summed E-state index contributed by atoms with van der Waals surface area (Å²) in [6.45, 7) is 0. The first kappa shape index (κ1) is 17.9. The monoisotopic (exact) mass is 379 g/mol. The zero-order chi connectivity index (χ0) is 19.5. The maximum absolute atomic E-state index is 4.81. The molecular formula is C26H25N3. The van der Waals surface area contributed by atoms with Gasteiger partial charge in [-0.25, -0.2) is 9.97 Å². The number of nitrogens with one attached hydrogen (secondary N) is 1. The SMILES string of the molecule is C1=Cc2cc(CCc3ccnc(CCCc4c[nH]c5ccccc45)n3)ccc2C1. The average Bonchev–Trinajstić information content (AvgIpc) is 3.39. The number of H-pyrrole nitrogens is 1. The van der Waals surface area contributed by atoms with Gasteiger partial charge in [-0.05, 0) is 66.5 Å². The number of para-hydroxylation sites is 1. The van der Waals surface area contributed by atoms with Crippen LogP contribution in [0.3, 0.4) is 0 Å². The standard InChI is InChI=1S/C26H25N3/c1-2-9-25-24(8-1)22(18-28-25)7-4-10-26-27-16-15-23(29-26)14-12-19-11-13-20-5-3-6-21(20)17-19/h1-3,6,8-9,11,13,15-18,28H,4-5,7,10,12,14H2. The third-order valence-electron chi connectivity index (χ3n) is 5.80. The van der Waals surface area contributed by atoms with Gasteiger partial charge >= 0.3 is 0 Å². The molecule has 0 aliphatic heterocycles. The highest BCUT2D eigenvalue weighted by molar-refractivity contribution is 5.83. The number of aromatic amines is 1. The van der Waals surface area contributed by atoms with Crippen molar-refractivity contribution in [3.63, 3.8) is 0 Å². The van der Waals surface area contributed by atoms with Crippen LogP contribution in [-0.4, -0.2) is 15.0 Å². The molecule has 0 spiro atoms. The highest BCUT2D eigenvalue weighted by Gasteiger charge is 2.07. The zero-order valence-corrected chi connectivity index (χ0v) is 16.6. The molecule has 0 atom stereocenters. The summed E-state index contributed by atoms with van der Waals surface area (Å²) < 4.78 is 0. The van der Waals surface area contributed by atoms with Gasteiger partial charge < -0.3 is 4.98 Å². The third kappa shape index (κ3) is 4.00. The molecule has 144 valence electrons. The van der Waals surface area contributed by atoms with E-state index < -0.39 is 0 Å². The number of hydrogen-bond acceptors (Lipinski definition) is 2. The predicted molar refractivity (Wildman–Crippen MR) is 119 cm³/mol. The Bertz CT molecular complexity index is 1170. The molecule has 0 amide bonds. The van der Waals surface area contributed by atoms with Crippen molar-refractivity contribution in [1.29, 1.82) is 0 Å². The summed E-state index contributed by atoms with van der Waals surface area (Å²) in [6, 6.07) is 17.4. The molecule has 29 heavy (non-hydrogen) atoms. The first-order valence-corrected chi connectivity index (χ1v) is 10.5. The van der Waals surface area contributed by atoms with Gasteiger partial charge in [-0.1, -0.05) is 48.6 Å². The second-order valence-electron chi connectivity index (χ2n) is 7.82. The molecule has 0 unspecified atom stereocenters. The van der Waals surface area contributed by atoms with Crippen LogP contribution in [0.5, 0.6) is 0 Å². The number of hydrogen-bond donors (Lipinski definition) is 1. The van der Waals surface area contributed by atoms with E-state index >= 15 is 0 Å². The maximum Gasteiger partial charge on any atom is 0.128 e. The van der Waals surface area contributed by atoms with Crippen LogP contribution in [0.15, 0.2) is 67.0 Å². The summed E-state index contributed by atoms with van der Waals surface area (Å²) in [7, 11) is 0. The van der Waals surface area contributed by atoms with E-state index in [1.807, 2.05) is 6.20 Å². The molecule has 1 N–H and O–H groups in total. The van der Waals surface area contributed by atoms with Gasteiger partial charge in [0.2, 0.25) is 0 Å². The minimum atomic E-state index is 0.914. The number of rotatable bonds is 7. The van der Waals surface area contributed by atoms with Crippen molar-refractivity contribution < 1.29 is 0 Å². The van der Waals surface area contributed by atoms with Crippen LogP contribution < -0.4 is 0 Å². The molecule has 0 saturated heterocycles. The van der Waals surface area contributed by atoms with E-state index in [1.54, 1.807) is 0 Å². The first-order chi connectivity index (χ1) is 14.3. The number of aromatic nitrogens is 3. The Labute approximate surface area is 171 Å². The molecule has 1 aliphatic rings. The van der Waals surface area contributed by atoms with Crippen LogP contribution in [0, 0.1) is 0 Å². The van der Waals surface area contributed by atoms with Gasteiger partial charge in [0.1, 0.15) is 5.82 Å². The molecule has 0 fully saturated rings. The van der Waals surface area contributed by atoms with Gasteiger partial charge in [-0.15, -0.1) is 0 Å². The number of aryl methyl sites for hydroxylation is 4. The highest BCUT2D eigenvalue weighted by Crippen LogP contribution is 2.22. The summed E-state index contributed by atoms with van der Waals surface area (Å²) >= 11 is 0. The molecule has 5 rings (SSSR count). The van der Waals surface area contributed by atoms with Gasteiger partial charge in [0.15, 0.2) is 0 Å². The van der Waals surface area contributed by atoms with Crippen LogP contribution in [-0.2, 0) is 32.1 Å². The second kappa shape index (κ2) is 8.04. The van der Waals surface area contributed by atoms with Gasteiger partial charge in [-0.3, -0.25) is 0 Å². The Morgan fingerprint density at radius 3 is 2.90 bits per heavy atom. The fourth-order valence-electron chi connectivity index (χ4n) is 4.20. The summed E-state index contributed by atoms with van der Waals surface area (Å²) in [4.78, 5) is 12.7. The fourth-order valence-corrected chi connectivity index (χ4v) is 4.20. The van der Waals surface area contributed by atoms with E-state index in [4.69, 9.17) is 4.98 Å². The van der Waals surface area contributed by atoms with Gasteiger partial charge in [0.05, 0.1) is 0 Å². The Hall–Kier alpha value is -3.20. The maximum atomic E-state index is 4.81. The summed E-state index contributed by atoms with van der Waals surface area (Å²) in [5.74, 6) is 0.958. The van der Waals surface area contributed by atoms with Crippen LogP contribution in [0.2, 0.25) is 0 Å². The molecule has 3 nitrogen and oxygen atoms in total. The minimum Gasteiger partial charge on any atom is -0.361 e. The van der Waals surface area contributed by atoms with E-state index in [9.17, 15) is 0 Å². The quantitative estimate of drug-likeness (QED) is 0.461. The van der Waals surface area contributed by atoms with Crippen LogP contribution in [0.1, 0.15) is 40.2 Å². The van der Waals surface area contributed by atoms with E-state index in [0.717, 1.165) is 50.0 Å². The normalized spacial score (nSPS) is 12.6. The molecule has 2 aromatic carbocycles. The van der Waals surface area contributed by atoms with Gasteiger partial charge in [-0.2, -0.15) is 0 Å². The lowest BCUT2D eigenvalue weighted by Gasteiger charge is -2.06. The van der Waals surface area contributed by atoms with Crippen molar-refractivity contribution in [2.45, 2.75) is 38.5 Å². The average molecular weight is 380 g/mol. The number of benzene rings is 2. The largest absolute Gasteiger partial charge is 0.361 e. The summed E-state index contributed by atoms with van der Waals surface area (Å²) in [5.41, 5.74) is 7.93. The van der Waals surface area contributed by atoms with E-state index in [1.165, 1.54) is 33.2 Å². The van der Waals surface area contributed by atoms with Crippen molar-refractivity contribution in [3.05, 3.63) is 101 Å². The van der Waals surface area contributed by atoms with E-state index in [0.29, 0.717) is 0 Å². The fraction of sp³-hybridized carbons (Fsp3) is 0.231. The number of fused-ring (bicyclic) bond motifs is 2. The Morgan fingerprint density at radius 1 is 0.931 bits per heavy atom. The smallest absolute Gasteiger partial charge is 0.128 e. The van der Waals surface area contributed by atoms with Crippen molar-refractivity contribution in [1.82, 2.24) is 15.0 Å². The van der Waals surface area contributed by atoms with Crippen molar-refractivity contribution in [3.8, 4) is 0 Å². The molecular weight excluding hydrogens is 354 g/mol. The van der Waals surface area contributed by atoms with Crippen LogP contribution >= 0.6 is 0 Å². The lowest BCUT2D eigenvalue weighted by molar-refractivity contribution is 0.757. The molecule has 0 radical (unpaired) electrons. The molecule has 1 aliphatic carbocycles. The lowest BCUT2D eigenvalue weighted by Crippen LogP contribution is -2.02. The van der Waals surface area contributed by atoms with Gasteiger partial charge in [0.25, 0.3) is 0 Å². The third-order valence-corrected chi connectivity index (χ3v) is 5.80. The highest BCUT2D eigenvalue weighted by atomic mass is 14.9. The Balaban J connectivity index is 1.18. The molecule has 2 heterocycles. The Morgan fingerprint density at radius 2 is 1.90 bits per heavy atom. The predicted octanol–water partition coefficient (Wildman–Crippen LogP) is 5.49. The zero-order valence-electron chi connectivity index (χ0n) is 16.6. The molecule has 0 saturated carbocycles. The van der Waals surface area contributed by atoms with Crippen molar-refractivity contribution in [2.75, 3.05) is 0 Å². The lowest BCUT2D eigenvalue weighted by atomic mass is 10.0. The van der Waals surface area contributed by atoms with E-state index in [2.05, 4.69) is 76.8 Å². The topological polar surface area (TPSA) is 41.6 Å². The summed E-state index contributed by atoms with van der Waals surface area (Å²) in [5, 5.41) is 1.33. The van der Waals surface area contributed by atoms with Crippen LogP contribution in [0.4, 0.5) is 0 Å².